The minimum atomic E-state index is -4.51. The van der Waals surface area contributed by atoms with Crippen molar-refractivity contribution in [2.45, 2.75) is 11.8 Å². The number of nitrogens with one attached hydrogen (secondary N) is 1. The number of rotatable bonds is 8. The Labute approximate surface area is 195 Å². The van der Waals surface area contributed by atoms with E-state index in [0.717, 1.165) is 28.1 Å². The fraction of sp³-hybridized carbons (Fsp3) is 0.136. The number of nitro benzene ring substituents is 1. The van der Waals surface area contributed by atoms with E-state index in [4.69, 9.17) is 16.3 Å². The van der Waals surface area contributed by atoms with Crippen molar-refractivity contribution in [1.82, 2.24) is 0 Å². The summed E-state index contributed by atoms with van der Waals surface area (Å²) >= 11 is 6.11. The van der Waals surface area contributed by atoms with E-state index in [9.17, 15) is 23.3 Å². The molecule has 0 heterocycles. The van der Waals surface area contributed by atoms with E-state index in [1.54, 1.807) is 36.4 Å². The number of non-ortho nitro benzene ring substituents is 1. The molecule has 172 valence electrons. The van der Waals surface area contributed by atoms with Crippen molar-refractivity contribution in [2.24, 2.45) is 0 Å². The van der Waals surface area contributed by atoms with Crippen molar-refractivity contribution in [3.63, 3.8) is 0 Å². The highest BCUT2D eigenvalue weighted by molar-refractivity contribution is 7.93. The molecule has 1 N–H and O–H groups in total. The van der Waals surface area contributed by atoms with Gasteiger partial charge in [0.25, 0.3) is 15.7 Å². The van der Waals surface area contributed by atoms with Crippen LogP contribution in [0.3, 0.4) is 0 Å². The smallest absolute Gasteiger partial charge is 0.270 e. The lowest BCUT2D eigenvalue weighted by molar-refractivity contribution is -0.385. The van der Waals surface area contributed by atoms with Crippen molar-refractivity contribution in [2.75, 3.05) is 23.3 Å². The van der Waals surface area contributed by atoms with Gasteiger partial charge in [0.15, 0.2) is 0 Å². The summed E-state index contributed by atoms with van der Waals surface area (Å²) < 4.78 is 33.3. The van der Waals surface area contributed by atoms with E-state index in [-0.39, 0.29) is 16.5 Å². The highest BCUT2D eigenvalue weighted by atomic mass is 35.5. The average Bonchev–Trinajstić information content (AvgIpc) is 2.79. The highest BCUT2D eigenvalue weighted by Crippen LogP contribution is 2.35. The average molecular weight is 490 g/mol. The first-order valence-electron chi connectivity index (χ1n) is 9.59. The molecule has 0 fully saturated rings. The first-order chi connectivity index (χ1) is 15.6. The molecule has 3 aromatic carbocycles. The quantitative estimate of drug-likeness (QED) is 0.370. The first kappa shape index (κ1) is 24.0. The molecule has 0 aliphatic rings. The third-order valence-electron chi connectivity index (χ3n) is 4.67. The van der Waals surface area contributed by atoms with Crippen LogP contribution in [-0.2, 0) is 14.8 Å². The van der Waals surface area contributed by atoms with Crippen molar-refractivity contribution in [3.05, 3.63) is 87.4 Å². The number of halogens is 1. The second-order valence-electron chi connectivity index (χ2n) is 6.97. The van der Waals surface area contributed by atoms with Gasteiger partial charge in [-0.25, -0.2) is 8.42 Å². The van der Waals surface area contributed by atoms with Gasteiger partial charge in [0.05, 0.1) is 22.7 Å². The summed E-state index contributed by atoms with van der Waals surface area (Å²) in [6.07, 6.45) is 0. The van der Waals surface area contributed by atoms with Crippen molar-refractivity contribution in [1.29, 1.82) is 0 Å². The Morgan fingerprint density at radius 3 is 2.42 bits per heavy atom. The number of nitrogens with zero attached hydrogens (tertiary/aromatic N) is 2. The van der Waals surface area contributed by atoms with Crippen LogP contribution < -0.4 is 14.4 Å². The van der Waals surface area contributed by atoms with Gasteiger partial charge in [-0.1, -0.05) is 41.4 Å². The largest absolute Gasteiger partial charge is 0.495 e. The topological polar surface area (TPSA) is 119 Å². The maximum Gasteiger partial charge on any atom is 0.270 e. The molecule has 9 nitrogen and oxygen atoms in total. The molecule has 0 atom stereocenters. The SMILES string of the molecule is COc1ccccc1N(CC(=O)Nc1ccc(C)cc1)S(=O)(=O)c1cc([N+](=O)[O-])ccc1Cl. The molecule has 0 saturated heterocycles. The van der Waals surface area contributed by atoms with Crippen LogP contribution in [0.2, 0.25) is 5.02 Å². The van der Waals surface area contributed by atoms with E-state index in [1.165, 1.54) is 19.2 Å². The van der Waals surface area contributed by atoms with Crippen LogP contribution in [-0.4, -0.2) is 32.9 Å². The minimum Gasteiger partial charge on any atom is -0.495 e. The van der Waals surface area contributed by atoms with Crippen LogP contribution in [0.4, 0.5) is 17.1 Å². The number of anilines is 2. The molecule has 1 amide bonds. The van der Waals surface area contributed by atoms with Crippen LogP contribution >= 0.6 is 11.6 Å². The van der Waals surface area contributed by atoms with E-state index in [1.807, 2.05) is 6.92 Å². The molecule has 11 heteroatoms. The summed E-state index contributed by atoms with van der Waals surface area (Å²) in [5.41, 5.74) is 1.09. The molecule has 0 bridgehead atoms. The molecule has 33 heavy (non-hydrogen) atoms. The maximum absolute atomic E-state index is 13.6. The standard InChI is InChI=1S/C22H20ClN3O6S/c1-15-7-9-16(10-8-15)24-22(27)14-25(19-5-3-4-6-20(19)32-2)33(30,31)21-13-17(26(28)29)11-12-18(21)23/h3-13H,14H2,1-2H3,(H,24,27). The third-order valence-corrected chi connectivity index (χ3v) is 6.91. The Kier molecular flexibility index (Phi) is 7.19. The lowest BCUT2D eigenvalue weighted by Gasteiger charge is -2.26. The van der Waals surface area contributed by atoms with Gasteiger partial charge in [-0.15, -0.1) is 0 Å². The molecule has 3 rings (SSSR count). The first-order valence-corrected chi connectivity index (χ1v) is 11.4. The fourth-order valence-corrected chi connectivity index (χ4v) is 4.95. The minimum absolute atomic E-state index is 0.0710. The summed E-state index contributed by atoms with van der Waals surface area (Å²) in [6.45, 7) is 1.26. The second kappa shape index (κ2) is 9.88. The highest BCUT2D eigenvalue weighted by Gasteiger charge is 2.32. The molecule has 3 aromatic rings. The molecule has 0 aromatic heterocycles. The molecular weight excluding hydrogens is 470 g/mol. The van der Waals surface area contributed by atoms with Gasteiger partial charge in [-0.05, 0) is 37.3 Å². The van der Waals surface area contributed by atoms with Gasteiger partial charge >= 0.3 is 0 Å². The number of nitro groups is 1. The predicted molar refractivity (Wildman–Crippen MR) is 125 cm³/mol. The fourth-order valence-electron chi connectivity index (χ4n) is 3.03. The van der Waals surface area contributed by atoms with Gasteiger partial charge in [0, 0.05) is 17.8 Å². The lowest BCUT2D eigenvalue weighted by Crippen LogP contribution is -2.38. The van der Waals surface area contributed by atoms with Crippen LogP contribution in [0.15, 0.2) is 71.6 Å². The zero-order chi connectivity index (χ0) is 24.2. The number of hydrogen-bond donors (Lipinski definition) is 1. The van der Waals surface area contributed by atoms with Gasteiger partial charge in [0.2, 0.25) is 5.91 Å². The zero-order valence-corrected chi connectivity index (χ0v) is 19.3. The van der Waals surface area contributed by atoms with Gasteiger partial charge in [-0.2, -0.15) is 0 Å². The van der Waals surface area contributed by atoms with E-state index in [0.29, 0.717) is 5.69 Å². The molecular formula is C22H20ClN3O6S. The second-order valence-corrected chi connectivity index (χ2v) is 9.21. The van der Waals surface area contributed by atoms with E-state index in [2.05, 4.69) is 5.32 Å². The van der Waals surface area contributed by atoms with Gasteiger partial charge in [-0.3, -0.25) is 19.2 Å². The van der Waals surface area contributed by atoms with Gasteiger partial charge in [0.1, 0.15) is 17.2 Å². The van der Waals surface area contributed by atoms with Crippen LogP contribution in [0, 0.1) is 17.0 Å². The summed E-state index contributed by atoms with van der Waals surface area (Å²) in [4.78, 5) is 22.8. The number of carbonyl (C=O) groups is 1. The number of ether oxygens (including phenoxy) is 1. The molecule has 0 radical (unpaired) electrons. The molecule has 0 saturated carbocycles. The van der Waals surface area contributed by atoms with Crippen LogP contribution in [0.5, 0.6) is 5.75 Å². The zero-order valence-electron chi connectivity index (χ0n) is 17.7. The normalized spacial score (nSPS) is 11.0. The Bertz CT molecular complexity index is 1300. The predicted octanol–water partition coefficient (Wildman–Crippen LogP) is 4.40. The molecule has 0 spiro atoms. The third kappa shape index (κ3) is 5.41. The summed E-state index contributed by atoms with van der Waals surface area (Å²) in [7, 11) is -3.15. The Balaban J connectivity index is 2.07. The van der Waals surface area contributed by atoms with Crippen molar-refractivity contribution < 1.29 is 22.9 Å². The Morgan fingerprint density at radius 1 is 1.12 bits per heavy atom. The maximum atomic E-state index is 13.6. The Morgan fingerprint density at radius 2 is 1.79 bits per heavy atom. The number of carbonyl (C=O) groups excluding carboxylic acids is 1. The van der Waals surface area contributed by atoms with Crippen LogP contribution in [0.1, 0.15) is 5.56 Å². The molecule has 0 unspecified atom stereocenters. The van der Waals surface area contributed by atoms with Gasteiger partial charge < -0.3 is 10.1 Å². The van der Waals surface area contributed by atoms with Crippen molar-refractivity contribution >= 4 is 44.6 Å². The lowest BCUT2D eigenvalue weighted by atomic mass is 10.2. The summed E-state index contributed by atoms with van der Waals surface area (Å²) in [6, 6.07) is 16.3. The molecule has 0 aliphatic heterocycles. The number of amides is 1. The monoisotopic (exact) mass is 489 g/mol. The van der Waals surface area contributed by atoms with Crippen LogP contribution in [0.25, 0.3) is 0 Å². The number of methoxy groups -OCH3 is 1. The van der Waals surface area contributed by atoms with E-state index < -0.39 is 38.0 Å². The number of hydrogen-bond acceptors (Lipinski definition) is 6. The number of sulfonamides is 1. The number of aryl methyl sites for hydroxylation is 1. The summed E-state index contributed by atoms with van der Waals surface area (Å²) in [5, 5.41) is 13.6. The number of benzene rings is 3. The number of para-hydroxylation sites is 2. The van der Waals surface area contributed by atoms with E-state index >= 15 is 0 Å². The Hall–Kier alpha value is -3.63. The summed E-state index contributed by atoms with van der Waals surface area (Å²) in [5.74, 6) is -0.444. The molecule has 0 aliphatic carbocycles. The van der Waals surface area contributed by atoms with Crippen molar-refractivity contribution in [3.8, 4) is 5.75 Å².